The Kier molecular flexibility index (Phi) is 4.38. The van der Waals surface area contributed by atoms with Crippen LogP contribution in [0.4, 0.5) is 5.69 Å². The van der Waals surface area contributed by atoms with E-state index in [0.29, 0.717) is 22.6 Å². The molecule has 0 aliphatic heterocycles. The van der Waals surface area contributed by atoms with Crippen LogP contribution in [0.15, 0.2) is 42.5 Å². The highest BCUT2D eigenvalue weighted by atomic mass is 35.5. The molecular formula is C15H12ClNO3. The molecule has 5 heteroatoms. The van der Waals surface area contributed by atoms with Crippen molar-refractivity contribution in [1.82, 2.24) is 0 Å². The van der Waals surface area contributed by atoms with Crippen molar-refractivity contribution in [2.45, 2.75) is 6.42 Å². The number of aldehydes is 1. The number of benzene rings is 2. The molecule has 2 N–H and O–H groups in total. The maximum atomic E-state index is 11.9. The van der Waals surface area contributed by atoms with Gasteiger partial charge in [-0.25, -0.2) is 0 Å². The van der Waals surface area contributed by atoms with E-state index in [1.807, 2.05) is 0 Å². The van der Waals surface area contributed by atoms with Crippen LogP contribution < -0.4 is 5.32 Å². The predicted octanol–water partition coefficient (Wildman–Crippen LogP) is 3.04. The first kappa shape index (κ1) is 14.1. The fourth-order valence-electron chi connectivity index (χ4n) is 1.72. The summed E-state index contributed by atoms with van der Waals surface area (Å²) in [5, 5.41) is 12.2. The van der Waals surface area contributed by atoms with E-state index in [0.717, 1.165) is 5.56 Å². The van der Waals surface area contributed by atoms with E-state index in [4.69, 9.17) is 16.7 Å². The highest BCUT2D eigenvalue weighted by Crippen LogP contribution is 2.19. The van der Waals surface area contributed by atoms with Gasteiger partial charge in [0.25, 0.3) is 0 Å². The summed E-state index contributed by atoms with van der Waals surface area (Å²) in [7, 11) is 0. The number of rotatable bonds is 4. The highest BCUT2D eigenvalue weighted by molar-refractivity contribution is 6.33. The van der Waals surface area contributed by atoms with Gasteiger partial charge in [-0.1, -0.05) is 23.7 Å². The molecule has 0 saturated heterocycles. The van der Waals surface area contributed by atoms with Crippen molar-refractivity contribution in [2.75, 3.05) is 5.32 Å². The van der Waals surface area contributed by atoms with Gasteiger partial charge in [0, 0.05) is 11.3 Å². The Morgan fingerprint density at radius 2 is 1.90 bits per heavy atom. The molecule has 0 bridgehead atoms. The molecule has 0 spiro atoms. The molecule has 0 radical (unpaired) electrons. The van der Waals surface area contributed by atoms with Crippen LogP contribution in [-0.2, 0) is 11.2 Å². The molecule has 2 rings (SSSR count). The van der Waals surface area contributed by atoms with Crippen LogP contribution >= 0.6 is 11.6 Å². The molecule has 0 fully saturated rings. The van der Waals surface area contributed by atoms with Gasteiger partial charge < -0.3 is 10.4 Å². The van der Waals surface area contributed by atoms with Crippen molar-refractivity contribution in [3.63, 3.8) is 0 Å². The van der Waals surface area contributed by atoms with Crippen molar-refractivity contribution in [3.05, 3.63) is 58.6 Å². The zero-order valence-electron chi connectivity index (χ0n) is 10.5. The molecule has 1 amide bonds. The molecule has 0 heterocycles. The van der Waals surface area contributed by atoms with E-state index in [1.165, 1.54) is 18.2 Å². The average molecular weight is 290 g/mol. The summed E-state index contributed by atoms with van der Waals surface area (Å²) in [5.41, 5.74) is 1.62. The van der Waals surface area contributed by atoms with Crippen LogP contribution in [0.1, 0.15) is 15.9 Å². The lowest BCUT2D eigenvalue weighted by Gasteiger charge is -2.07. The Labute approximate surface area is 121 Å². The molecule has 102 valence electrons. The second kappa shape index (κ2) is 6.21. The zero-order chi connectivity index (χ0) is 14.5. The summed E-state index contributed by atoms with van der Waals surface area (Å²) < 4.78 is 0. The third-order valence-electron chi connectivity index (χ3n) is 2.71. The monoisotopic (exact) mass is 289 g/mol. The van der Waals surface area contributed by atoms with Crippen molar-refractivity contribution >= 4 is 29.5 Å². The Balaban J connectivity index is 2.04. The summed E-state index contributed by atoms with van der Waals surface area (Å²) in [5.74, 6) is -0.0580. The van der Waals surface area contributed by atoms with E-state index in [2.05, 4.69) is 5.32 Å². The van der Waals surface area contributed by atoms with Gasteiger partial charge in [-0.05, 0) is 35.9 Å². The quantitative estimate of drug-likeness (QED) is 0.850. The van der Waals surface area contributed by atoms with Gasteiger partial charge in [-0.3, -0.25) is 9.59 Å². The molecule has 20 heavy (non-hydrogen) atoms. The lowest BCUT2D eigenvalue weighted by molar-refractivity contribution is -0.115. The minimum Gasteiger partial charge on any atom is -0.508 e. The molecule has 2 aromatic carbocycles. The minimum atomic E-state index is -0.213. The zero-order valence-corrected chi connectivity index (χ0v) is 11.2. The molecule has 4 nitrogen and oxygen atoms in total. The first-order valence-corrected chi connectivity index (χ1v) is 6.29. The van der Waals surface area contributed by atoms with Crippen molar-refractivity contribution in [2.24, 2.45) is 0 Å². The largest absolute Gasteiger partial charge is 0.508 e. The van der Waals surface area contributed by atoms with Crippen LogP contribution in [0.2, 0.25) is 5.02 Å². The molecule has 2 aromatic rings. The first-order chi connectivity index (χ1) is 9.58. The molecule has 0 aromatic heterocycles. The average Bonchev–Trinajstić information content (AvgIpc) is 2.43. The van der Waals surface area contributed by atoms with Gasteiger partial charge in [-0.2, -0.15) is 0 Å². The fraction of sp³-hybridized carbons (Fsp3) is 0.0667. The van der Waals surface area contributed by atoms with Crippen molar-refractivity contribution in [1.29, 1.82) is 0 Å². The summed E-state index contributed by atoms with van der Waals surface area (Å²) in [4.78, 5) is 22.6. The number of anilines is 1. The first-order valence-electron chi connectivity index (χ1n) is 5.91. The van der Waals surface area contributed by atoms with Gasteiger partial charge in [-0.15, -0.1) is 0 Å². The van der Waals surface area contributed by atoms with E-state index in [9.17, 15) is 9.59 Å². The van der Waals surface area contributed by atoms with Gasteiger partial charge >= 0.3 is 0 Å². The summed E-state index contributed by atoms with van der Waals surface area (Å²) in [6.07, 6.45) is 0.817. The van der Waals surface area contributed by atoms with Crippen LogP contribution in [0, 0.1) is 0 Å². The topological polar surface area (TPSA) is 66.4 Å². The SMILES string of the molecule is O=Cc1cc(NC(=O)Cc2ccc(O)cc2)ccc1Cl. The standard InChI is InChI=1S/C15H12ClNO3/c16-14-6-3-12(8-11(14)9-18)17-15(20)7-10-1-4-13(19)5-2-10/h1-6,8-9,19H,7H2,(H,17,20). The Bertz CT molecular complexity index is 638. The second-order valence-corrected chi connectivity index (χ2v) is 4.65. The summed E-state index contributed by atoms with van der Waals surface area (Å²) in [6, 6.07) is 11.1. The lowest BCUT2D eigenvalue weighted by atomic mass is 10.1. The number of hydrogen-bond donors (Lipinski definition) is 2. The number of carbonyl (C=O) groups is 2. The van der Waals surface area contributed by atoms with E-state index < -0.39 is 0 Å². The minimum absolute atomic E-state index is 0.155. The third-order valence-corrected chi connectivity index (χ3v) is 3.05. The van der Waals surface area contributed by atoms with Gasteiger partial charge in [0.2, 0.25) is 5.91 Å². The van der Waals surface area contributed by atoms with Gasteiger partial charge in [0.1, 0.15) is 5.75 Å². The third kappa shape index (κ3) is 3.59. The van der Waals surface area contributed by atoms with E-state index in [-0.39, 0.29) is 18.1 Å². The Hall–Kier alpha value is -2.33. The molecule has 0 atom stereocenters. The number of amides is 1. The summed E-state index contributed by atoms with van der Waals surface area (Å²) >= 11 is 5.81. The van der Waals surface area contributed by atoms with Crippen LogP contribution in [0.5, 0.6) is 5.75 Å². The lowest BCUT2D eigenvalue weighted by Crippen LogP contribution is -2.14. The van der Waals surface area contributed by atoms with Crippen LogP contribution in [0.25, 0.3) is 0 Å². The maximum absolute atomic E-state index is 11.9. The molecule has 0 aliphatic carbocycles. The number of carbonyl (C=O) groups excluding carboxylic acids is 2. The number of halogens is 1. The van der Waals surface area contributed by atoms with Crippen molar-refractivity contribution < 1.29 is 14.7 Å². The van der Waals surface area contributed by atoms with E-state index >= 15 is 0 Å². The number of phenolic OH excluding ortho intramolecular Hbond substituents is 1. The predicted molar refractivity (Wildman–Crippen MR) is 77.3 cm³/mol. The smallest absolute Gasteiger partial charge is 0.228 e. The number of hydrogen-bond acceptors (Lipinski definition) is 3. The Morgan fingerprint density at radius 3 is 2.55 bits per heavy atom. The molecular weight excluding hydrogens is 278 g/mol. The fourth-order valence-corrected chi connectivity index (χ4v) is 1.88. The van der Waals surface area contributed by atoms with Crippen LogP contribution in [-0.4, -0.2) is 17.3 Å². The molecule has 0 aliphatic rings. The maximum Gasteiger partial charge on any atom is 0.228 e. The number of nitrogens with one attached hydrogen (secondary N) is 1. The number of phenols is 1. The molecule has 0 saturated carbocycles. The van der Waals surface area contributed by atoms with Gasteiger partial charge in [0.05, 0.1) is 11.4 Å². The molecule has 0 unspecified atom stereocenters. The second-order valence-electron chi connectivity index (χ2n) is 4.25. The van der Waals surface area contributed by atoms with Crippen molar-refractivity contribution in [3.8, 4) is 5.75 Å². The Morgan fingerprint density at radius 1 is 1.20 bits per heavy atom. The van der Waals surface area contributed by atoms with Crippen LogP contribution in [0.3, 0.4) is 0 Å². The highest BCUT2D eigenvalue weighted by Gasteiger charge is 2.06. The normalized spacial score (nSPS) is 10.1. The number of aromatic hydroxyl groups is 1. The van der Waals surface area contributed by atoms with Gasteiger partial charge in [0.15, 0.2) is 6.29 Å². The summed E-state index contributed by atoms with van der Waals surface area (Å²) in [6.45, 7) is 0. The van der Waals surface area contributed by atoms with E-state index in [1.54, 1.807) is 24.3 Å².